The maximum Gasteiger partial charge on any atom is 0.127 e. The summed E-state index contributed by atoms with van der Waals surface area (Å²) in [5, 5.41) is 1.12. The molecule has 0 saturated carbocycles. The van der Waals surface area contributed by atoms with Crippen molar-refractivity contribution >= 4 is 65.4 Å². The zero-order valence-corrected chi connectivity index (χ0v) is 20.6. The summed E-state index contributed by atoms with van der Waals surface area (Å²) >= 11 is 9.18. The topological polar surface area (TPSA) is 18.5 Å². The van der Waals surface area contributed by atoms with E-state index in [-0.39, 0.29) is 0 Å². The van der Waals surface area contributed by atoms with E-state index in [1.807, 2.05) is 37.3 Å². The lowest BCUT2D eigenvalue weighted by Crippen LogP contribution is -1.93. The van der Waals surface area contributed by atoms with Crippen LogP contribution in [0, 0.1) is 0 Å². The molecule has 2 nitrogen and oxygen atoms in total. The molecular formula is C25H20Br2O2S. The summed E-state index contributed by atoms with van der Waals surface area (Å²) in [7, 11) is 1.71. The second-order valence-electron chi connectivity index (χ2n) is 6.65. The highest BCUT2D eigenvalue weighted by molar-refractivity contribution is 9.11. The SMILES string of the molecule is CCOc1ccccc1C=Cc1ccc(-c2cc3c(OC)ccc(Br)c3s2)c(Br)c1. The maximum absolute atomic E-state index is 5.71. The number of rotatable bonds is 6. The van der Waals surface area contributed by atoms with E-state index >= 15 is 0 Å². The quantitative estimate of drug-likeness (QED) is 0.226. The van der Waals surface area contributed by atoms with Gasteiger partial charge in [-0.2, -0.15) is 0 Å². The van der Waals surface area contributed by atoms with Crippen LogP contribution in [0.5, 0.6) is 11.5 Å². The lowest BCUT2D eigenvalue weighted by atomic mass is 10.1. The van der Waals surface area contributed by atoms with Crippen molar-refractivity contribution in [3.05, 3.63) is 80.7 Å². The molecule has 0 N–H and O–H groups in total. The molecule has 0 unspecified atom stereocenters. The van der Waals surface area contributed by atoms with Crippen molar-refractivity contribution in [2.24, 2.45) is 0 Å². The molecule has 0 radical (unpaired) electrons. The van der Waals surface area contributed by atoms with Crippen LogP contribution in [0.4, 0.5) is 0 Å². The number of hydrogen-bond donors (Lipinski definition) is 0. The first kappa shape index (κ1) is 21.2. The molecule has 5 heteroatoms. The highest BCUT2D eigenvalue weighted by atomic mass is 79.9. The van der Waals surface area contributed by atoms with Gasteiger partial charge in [0, 0.05) is 30.3 Å². The number of ether oxygens (including phenoxy) is 2. The zero-order chi connectivity index (χ0) is 21.1. The Hall–Kier alpha value is -2.08. The van der Waals surface area contributed by atoms with Crippen LogP contribution in [0.3, 0.4) is 0 Å². The summed E-state index contributed by atoms with van der Waals surface area (Å²) < 4.78 is 14.6. The number of benzene rings is 3. The molecule has 0 fully saturated rings. The van der Waals surface area contributed by atoms with E-state index in [1.165, 1.54) is 9.58 Å². The van der Waals surface area contributed by atoms with Crippen molar-refractivity contribution in [2.75, 3.05) is 13.7 Å². The van der Waals surface area contributed by atoms with Gasteiger partial charge in [-0.15, -0.1) is 11.3 Å². The van der Waals surface area contributed by atoms with Gasteiger partial charge in [0.05, 0.1) is 18.4 Å². The van der Waals surface area contributed by atoms with Gasteiger partial charge in [0.25, 0.3) is 0 Å². The summed E-state index contributed by atoms with van der Waals surface area (Å²) in [4.78, 5) is 1.19. The fraction of sp³-hybridized carbons (Fsp3) is 0.120. The highest BCUT2D eigenvalue weighted by Crippen LogP contribution is 2.43. The monoisotopic (exact) mass is 542 g/mol. The molecule has 1 heterocycles. The number of methoxy groups -OCH3 is 1. The van der Waals surface area contributed by atoms with Gasteiger partial charge in [0.15, 0.2) is 0 Å². The van der Waals surface area contributed by atoms with E-state index in [4.69, 9.17) is 9.47 Å². The van der Waals surface area contributed by atoms with Crippen molar-refractivity contribution in [1.82, 2.24) is 0 Å². The fourth-order valence-electron chi connectivity index (χ4n) is 3.30. The third-order valence-corrected chi connectivity index (χ3v) is 7.53. The Morgan fingerprint density at radius 3 is 2.50 bits per heavy atom. The van der Waals surface area contributed by atoms with Gasteiger partial charge in [-0.25, -0.2) is 0 Å². The fourth-order valence-corrected chi connectivity index (χ4v) is 5.75. The van der Waals surface area contributed by atoms with E-state index in [1.54, 1.807) is 18.4 Å². The van der Waals surface area contributed by atoms with Crippen LogP contribution in [0.25, 0.3) is 32.7 Å². The summed E-state index contributed by atoms with van der Waals surface area (Å²) in [6, 6.07) is 20.7. The smallest absolute Gasteiger partial charge is 0.127 e. The minimum absolute atomic E-state index is 0.654. The summed E-state index contributed by atoms with van der Waals surface area (Å²) in [5.41, 5.74) is 3.36. The number of thiophene rings is 1. The van der Waals surface area contributed by atoms with Gasteiger partial charge in [-0.3, -0.25) is 0 Å². The molecule has 4 aromatic rings. The van der Waals surface area contributed by atoms with E-state index in [0.717, 1.165) is 42.5 Å². The lowest BCUT2D eigenvalue weighted by molar-refractivity contribution is 0.339. The molecule has 30 heavy (non-hydrogen) atoms. The van der Waals surface area contributed by atoms with Gasteiger partial charge in [-0.05, 0) is 58.7 Å². The Kier molecular flexibility index (Phi) is 6.61. The van der Waals surface area contributed by atoms with Gasteiger partial charge in [-0.1, -0.05) is 58.4 Å². The molecule has 4 rings (SSSR count). The Labute approximate surface area is 197 Å². The molecule has 0 atom stereocenters. The van der Waals surface area contributed by atoms with Crippen molar-refractivity contribution in [3.63, 3.8) is 0 Å². The summed E-state index contributed by atoms with van der Waals surface area (Å²) in [5.74, 6) is 1.79. The number of hydrogen-bond acceptors (Lipinski definition) is 3. The largest absolute Gasteiger partial charge is 0.496 e. The van der Waals surface area contributed by atoms with Crippen LogP contribution in [-0.4, -0.2) is 13.7 Å². The average molecular weight is 544 g/mol. The summed E-state index contributed by atoms with van der Waals surface area (Å²) in [6.45, 7) is 2.65. The van der Waals surface area contributed by atoms with E-state index in [0.29, 0.717) is 6.61 Å². The predicted molar refractivity (Wildman–Crippen MR) is 136 cm³/mol. The first-order valence-corrected chi connectivity index (χ1v) is 12.0. The van der Waals surface area contributed by atoms with Crippen LogP contribution in [0.2, 0.25) is 0 Å². The van der Waals surface area contributed by atoms with Crippen LogP contribution >= 0.6 is 43.2 Å². The molecule has 0 aliphatic heterocycles. The minimum atomic E-state index is 0.654. The Morgan fingerprint density at radius 2 is 1.73 bits per heavy atom. The second kappa shape index (κ2) is 9.38. The van der Waals surface area contributed by atoms with Crippen molar-refractivity contribution in [1.29, 1.82) is 0 Å². The van der Waals surface area contributed by atoms with Gasteiger partial charge < -0.3 is 9.47 Å². The molecular weight excluding hydrogens is 524 g/mol. The third-order valence-electron chi connectivity index (χ3n) is 4.75. The second-order valence-corrected chi connectivity index (χ2v) is 9.41. The summed E-state index contributed by atoms with van der Waals surface area (Å²) in [6.07, 6.45) is 4.20. The van der Waals surface area contributed by atoms with E-state index in [9.17, 15) is 0 Å². The van der Waals surface area contributed by atoms with Crippen LogP contribution in [0.15, 0.2) is 69.6 Å². The molecule has 0 spiro atoms. The van der Waals surface area contributed by atoms with Crippen molar-refractivity contribution in [3.8, 4) is 21.9 Å². The Morgan fingerprint density at radius 1 is 0.900 bits per heavy atom. The van der Waals surface area contributed by atoms with E-state index < -0.39 is 0 Å². The average Bonchev–Trinajstić information content (AvgIpc) is 3.20. The van der Waals surface area contributed by atoms with Crippen LogP contribution in [-0.2, 0) is 0 Å². The third kappa shape index (κ3) is 4.34. The molecule has 0 bridgehead atoms. The standard InChI is InChI=1S/C25H20Br2O2S/c1-3-29-22-7-5-4-6-17(22)10-8-16-9-11-18(21(27)14-16)24-15-19-23(28-2)13-12-20(26)25(19)30-24/h4-15H,3H2,1-2H3. The molecule has 0 saturated heterocycles. The van der Waals surface area contributed by atoms with Crippen LogP contribution < -0.4 is 9.47 Å². The minimum Gasteiger partial charge on any atom is -0.496 e. The molecule has 152 valence electrons. The Bertz CT molecular complexity index is 1230. The number of para-hydroxylation sites is 1. The molecule has 0 amide bonds. The Balaban J connectivity index is 1.66. The molecule has 1 aromatic heterocycles. The predicted octanol–water partition coefficient (Wildman–Crippen LogP) is 8.67. The normalized spacial score (nSPS) is 11.3. The molecule has 3 aromatic carbocycles. The van der Waals surface area contributed by atoms with Crippen molar-refractivity contribution < 1.29 is 9.47 Å². The van der Waals surface area contributed by atoms with Crippen LogP contribution in [0.1, 0.15) is 18.1 Å². The van der Waals surface area contributed by atoms with Gasteiger partial charge >= 0.3 is 0 Å². The van der Waals surface area contributed by atoms with Crippen molar-refractivity contribution in [2.45, 2.75) is 6.92 Å². The van der Waals surface area contributed by atoms with E-state index in [2.05, 4.69) is 74.3 Å². The first-order valence-electron chi connectivity index (χ1n) is 9.56. The lowest BCUT2D eigenvalue weighted by Gasteiger charge is -2.07. The first-order chi connectivity index (χ1) is 14.6. The zero-order valence-electron chi connectivity index (χ0n) is 16.6. The van der Waals surface area contributed by atoms with Gasteiger partial charge in [0.2, 0.25) is 0 Å². The number of fused-ring (bicyclic) bond motifs is 1. The highest BCUT2D eigenvalue weighted by Gasteiger charge is 2.13. The van der Waals surface area contributed by atoms with Gasteiger partial charge in [0.1, 0.15) is 11.5 Å². The molecule has 0 aliphatic carbocycles. The maximum atomic E-state index is 5.71. The molecule has 0 aliphatic rings. The number of halogens is 2.